The van der Waals surface area contributed by atoms with E-state index in [1.165, 1.54) is 10.1 Å². The molecule has 7 heteroatoms. The monoisotopic (exact) mass is 447 g/mol. The number of piperazine rings is 1. The molecule has 1 saturated heterocycles. The number of para-hydroxylation sites is 1. The van der Waals surface area contributed by atoms with E-state index in [4.69, 9.17) is 0 Å². The van der Waals surface area contributed by atoms with Crippen LogP contribution in [0.1, 0.15) is 24.0 Å². The van der Waals surface area contributed by atoms with Crippen molar-refractivity contribution in [2.75, 3.05) is 39.3 Å². The average Bonchev–Trinajstić information content (AvgIpc) is 2.83. The second-order valence-corrected chi connectivity index (χ2v) is 8.77. The van der Waals surface area contributed by atoms with Gasteiger partial charge in [-0.1, -0.05) is 42.5 Å². The second kappa shape index (κ2) is 11.2. The molecule has 0 unspecified atom stereocenters. The SMILES string of the molecule is Cc1cccc2c(=O)n(CCC(=O)NCCCN3CCN(Cc4ccccc4)CC3)cnc12. The highest BCUT2D eigenvalue weighted by molar-refractivity contribution is 5.80. The third kappa shape index (κ3) is 6.27. The fraction of sp³-hybridized carbons (Fsp3) is 0.423. The van der Waals surface area contributed by atoms with E-state index in [1.54, 1.807) is 12.4 Å². The summed E-state index contributed by atoms with van der Waals surface area (Å²) in [6.45, 7) is 9.24. The van der Waals surface area contributed by atoms with Crippen LogP contribution in [0.2, 0.25) is 0 Å². The molecule has 4 rings (SSSR count). The first-order valence-corrected chi connectivity index (χ1v) is 11.8. The Labute approximate surface area is 195 Å². The maximum Gasteiger partial charge on any atom is 0.261 e. The molecule has 33 heavy (non-hydrogen) atoms. The number of carbonyl (C=O) groups is 1. The van der Waals surface area contributed by atoms with Gasteiger partial charge in [-0.15, -0.1) is 0 Å². The highest BCUT2D eigenvalue weighted by Crippen LogP contribution is 2.11. The zero-order valence-corrected chi connectivity index (χ0v) is 19.4. The lowest BCUT2D eigenvalue weighted by atomic mass is 10.1. The number of amides is 1. The molecule has 1 amide bonds. The van der Waals surface area contributed by atoms with Gasteiger partial charge < -0.3 is 10.2 Å². The summed E-state index contributed by atoms with van der Waals surface area (Å²) >= 11 is 0. The van der Waals surface area contributed by atoms with E-state index in [1.807, 2.05) is 19.1 Å². The summed E-state index contributed by atoms with van der Waals surface area (Å²) < 4.78 is 1.52. The van der Waals surface area contributed by atoms with Crippen LogP contribution in [0.4, 0.5) is 0 Å². The molecule has 0 radical (unpaired) electrons. The highest BCUT2D eigenvalue weighted by atomic mass is 16.1. The smallest absolute Gasteiger partial charge is 0.261 e. The number of rotatable bonds is 9. The number of fused-ring (bicyclic) bond motifs is 1. The lowest BCUT2D eigenvalue weighted by molar-refractivity contribution is -0.121. The summed E-state index contributed by atoms with van der Waals surface area (Å²) in [5.74, 6) is -0.0288. The summed E-state index contributed by atoms with van der Waals surface area (Å²) in [6, 6.07) is 16.2. The Hall–Kier alpha value is -3.03. The molecule has 0 saturated carbocycles. The van der Waals surface area contributed by atoms with Gasteiger partial charge in [-0.25, -0.2) is 4.98 Å². The number of nitrogens with zero attached hydrogens (tertiary/aromatic N) is 4. The van der Waals surface area contributed by atoms with Gasteiger partial charge in [0, 0.05) is 52.2 Å². The molecule has 2 heterocycles. The molecule has 0 spiro atoms. The van der Waals surface area contributed by atoms with Crippen LogP contribution in [0.5, 0.6) is 0 Å². The number of carbonyl (C=O) groups excluding carboxylic acids is 1. The standard InChI is InChI=1S/C26H33N5O2/c1-21-7-5-10-23-25(21)28-20-31(26(23)33)14-11-24(32)27-12-6-13-29-15-17-30(18-16-29)19-22-8-3-2-4-9-22/h2-5,7-10,20H,6,11-19H2,1H3,(H,27,32). The van der Waals surface area contributed by atoms with Crippen LogP contribution in [-0.4, -0.2) is 64.5 Å². The summed E-state index contributed by atoms with van der Waals surface area (Å²) in [6.07, 6.45) is 2.75. The summed E-state index contributed by atoms with van der Waals surface area (Å²) in [5.41, 5.74) is 2.98. The van der Waals surface area contributed by atoms with Crippen molar-refractivity contribution < 1.29 is 4.79 Å². The Kier molecular flexibility index (Phi) is 7.86. The molecule has 1 aromatic heterocycles. The summed E-state index contributed by atoms with van der Waals surface area (Å²) in [5, 5.41) is 3.59. The zero-order chi connectivity index (χ0) is 23.0. The first-order valence-electron chi connectivity index (χ1n) is 11.8. The van der Waals surface area contributed by atoms with Gasteiger partial charge in [-0.2, -0.15) is 0 Å². The van der Waals surface area contributed by atoms with Crippen molar-refractivity contribution in [1.29, 1.82) is 0 Å². The van der Waals surface area contributed by atoms with E-state index < -0.39 is 0 Å². The third-order valence-corrected chi connectivity index (χ3v) is 6.32. The second-order valence-electron chi connectivity index (χ2n) is 8.77. The first-order chi connectivity index (χ1) is 16.1. The average molecular weight is 448 g/mol. The van der Waals surface area contributed by atoms with Crippen molar-refractivity contribution in [3.8, 4) is 0 Å². The minimum Gasteiger partial charge on any atom is -0.356 e. The van der Waals surface area contributed by atoms with Gasteiger partial charge >= 0.3 is 0 Å². The first kappa shape index (κ1) is 23.1. The fourth-order valence-electron chi connectivity index (χ4n) is 4.35. The van der Waals surface area contributed by atoms with E-state index in [0.29, 0.717) is 18.5 Å². The topological polar surface area (TPSA) is 70.5 Å². The van der Waals surface area contributed by atoms with E-state index in [9.17, 15) is 9.59 Å². The van der Waals surface area contributed by atoms with Crippen LogP contribution in [0.3, 0.4) is 0 Å². The molecule has 1 fully saturated rings. The van der Waals surface area contributed by atoms with Crippen molar-refractivity contribution >= 4 is 16.8 Å². The van der Waals surface area contributed by atoms with Gasteiger partial charge in [-0.3, -0.25) is 19.1 Å². The lowest BCUT2D eigenvalue weighted by Gasteiger charge is -2.34. The van der Waals surface area contributed by atoms with Gasteiger partial charge in [0.25, 0.3) is 5.56 Å². The molecule has 1 N–H and O–H groups in total. The van der Waals surface area contributed by atoms with Crippen molar-refractivity contribution in [3.63, 3.8) is 0 Å². The van der Waals surface area contributed by atoms with Crippen LogP contribution in [0.25, 0.3) is 10.9 Å². The Morgan fingerprint density at radius 3 is 2.52 bits per heavy atom. The Morgan fingerprint density at radius 2 is 1.73 bits per heavy atom. The highest BCUT2D eigenvalue weighted by Gasteiger charge is 2.16. The van der Waals surface area contributed by atoms with Crippen LogP contribution in [0, 0.1) is 6.92 Å². The summed E-state index contributed by atoms with van der Waals surface area (Å²) in [7, 11) is 0. The Balaban J connectivity index is 1.13. The van der Waals surface area contributed by atoms with Crippen molar-refractivity contribution in [3.05, 3.63) is 76.3 Å². The van der Waals surface area contributed by atoms with Crippen molar-refractivity contribution in [2.45, 2.75) is 32.9 Å². The summed E-state index contributed by atoms with van der Waals surface area (Å²) in [4.78, 5) is 34.2. The number of hydrogen-bond donors (Lipinski definition) is 1. The third-order valence-electron chi connectivity index (χ3n) is 6.32. The number of hydrogen-bond acceptors (Lipinski definition) is 5. The minimum absolute atomic E-state index is 0.0288. The predicted octanol–water partition coefficient (Wildman–Crippen LogP) is 2.42. The molecule has 0 aliphatic carbocycles. The molecule has 0 bridgehead atoms. The molecular formula is C26H33N5O2. The number of aryl methyl sites for hydroxylation is 2. The maximum absolute atomic E-state index is 12.6. The zero-order valence-electron chi connectivity index (χ0n) is 19.4. The molecule has 3 aromatic rings. The Bertz CT molecular complexity index is 1120. The van der Waals surface area contributed by atoms with E-state index in [-0.39, 0.29) is 17.9 Å². The number of nitrogens with one attached hydrogen (secondary N) is 1. The largest absolute Gasteiger partial charge is 0.356 e. The van der Waals surface area contributed by atoms with Crippen molar-refractivity contribution in [1.82, 2.24) is 24.7 Å². The van der Waals surface area contributed by atoms with E-state index in [2.05, 4.69) is 50.4 Å². The molecule has 174 valence electrons. The van der Waals surface area contributed by atoms with Gasteiger partial charge in [0.05, 0.1) is 17.2 Å². The molecular weight excluding hydrogens is 414 g/mol. The minimum atomic E-state index is -0.0945. The van der Waals surface area contributed by atoms with Crippen molar-refractivity contribution in [2.24, 2.45) is 0 Å². The van der Waals surface area contributed by atoms with E-state index >= 15 is 0 Å². The molecule has 1 aliphatic rings. The Morgan fingerprint density at radius 1 is 0.970 bits per heavy atom. The predicted molar refractivity (Wildman–Crippen MR) is 131 cm³/mol. The molecule has 7 nitrogen and oxygen atoms in total. The van der Waals surface area contributed by atoms with Crippen LogP contribution in [0.15, 0.2) is 59.7 Å². The number of aromatic nitrogens is 2. The lowest BCUT2D eigenvalue weighted by Crippen LogP contribution is -2.46. The van der Waals surface area contributed by atoms with Gasteiger partial charge in [0.2, 0.25) is 5.91 Å². The van der Waals surface area contributed by atoms with E-state index in [0.717, 1.165) is 56.8 Å². The quantitative estimate of drug-likeness (QED) is 0.510. The van der Waals surface area contributed by atoms with Crippen LogP contribution in [-0.2, 0) is 17.9 Å². The number of benzene rings is 2. The van der Waals surface area contributed by atoms with Gasteiger partial charge in [-0.05, 0) is 37.1 Å². The molecule has 2 aromatic carbocycles. The van der Waals surface area contributed by atoms with Gasteiger partial charge in [0.1, 0.15) is 0 Å². The van der Waals surface area contributed by atoms with Crippen LogP contribution < -0.4 is 10.9 Å². The fourth-order valence-corrected chi connectivity index (χ4v) is 4.35. The molecule has 1 aliphatic heterocycles. The van der Waals surface area contributed by atoms with Gasteiger partial charge in [0.15, 0.2) is 0 Å². The normalized spacial score (nSPS) is 15.1. The van der Waals surface area contributed by atoms with Crippen LogP contribution >= 0.6 is 0 Å². The maximum atomic E-state index is 12.6. The molecule has 0 atom stereocenters.